The number of aromatic nitrogens is 1. The third-order valence-corrected chi connectivity index (χ3v) is 3.04. The SMILES string of the molecule is Cc1cc(NC(=O)CCSC(C)CO)no1. The van der Waals surface area contributed by atoms with Gasteiger partial charge in [-0.05, 0) is 6.92 Å². The van der Waals surface area contributed by atoms with E-state index in [2.05, 4.69) is 10.5 Å². The molecule has 0 bridgehead atoms. The topological polar surface area (TPSA) is 75.4 Å². The minimum absolute atomic E-state index is 0.0917. The summed E-state index contributed by atoms with van der Waals surface area (Å²) >= 11 is 1.57. The maximum atomic E-state index is 11.4. The van der Waals surface area contributed by atoms with Crippen LogP contribution in [0, 0.1) is 6.92 Å². The van der Waals surface area contributed by atoms with E-state index >= 15 is 0 Å². The smallest absolute Gasteiger partial charge is 0.226 e. The zero-order chi connectivity index (χ0) is 12.0. The number of aliphatic hydroxyl groups is 1. The average molecular weight is 244 g/mol. The van der Waals surface area contributed by atoms with Crippen LogP contribution in [0.5, 0.6) is 0 Å². The van der Waals surface area contributed by atoms with E-state index in [1.807, 2.05) is 6.92 Å². The van der Waals surface area contributed by atoms with Crippen LogP contribution in [-0.4, -0.2) is 33.8 Å². The number of aliphatic hydroxyl groups excluding tert-OH is 1. The Labute approximate surface area is 98.6 Å². The van der Waals surface area contributed by atoms with Gasteiger partial charge in [0.1, 0.15) is 5.76 Å². The van der Waals surface area contributed by atoms with Crippen molar-refractivity contribution in [2.24, 2.45) is 0 Å². The molecule has 1 heterocycles. The Morgan fingerprint density at radius 3 is 3.06 bits per heavy atom. The average Bonchev–Trinajstić information content (AvgIpc) is 2.63. The first-order valence-corrected chi connectivity index (χ1v) is 6.12. The molecule has 1 rings (SSSR count). The van der Waals surface area contributed by atoms with Crippen LogP contribution in [0.25, 0.3) is 0 Å². The largest absolute Gasteiger partial charge is 0.395 e. The molecule has 0 radical (unpaired) electrons. The van der Waals surface area contributed by atoms with Crippen LogP contribution in [0.15, 0.2) is 10.6 Å². The van der Waals surface area contributed by atoms with Crippen molar-refractivity contribution >= 4 is 23.5 Å². The zero-order valence-electron chi connectivity index (χ0n) is 9.40. The van der Waals surface area contributed by atoms with Crippen LogP contribution in [-0.2, 0) is 4.79 Å². The van der Waals surface area contributed by atoms with Crippen LogP contribution in [0.1, 0.15) is 19.1 Å². The lowest BCUT2D eigenvalue weighted by molar-refractivity contribution is -0.115. The summed E-state index contributed by atoms with van der Waals surface area (Å²) in [7, 11) is 0. The van der Waals surface area contributed by atoms with E-state index in [1.165, 1.54) is 0 Å². The highest BCUT2D eigenvalue weighted by molar-refractivity contribution is 7.99. The molecule has 0 saturated carbocycles. The molecule has 0 aliphatic heterocycles. The second kappa shape index (κ2) is 6.55. The van der Waals surface area contributed by atoms with E-state index in [1.54, 1.807) is 24.8 Å². The maximum absolute atomic E-state index is 11.4. The Balaban J connectivity index is 2.21. The van der Waals surface area contributed by atoms with Crippen molar-refractivity contribution in [2.45, 2.75) is 25.5 Å². The summed E-state index contributed by atoms with van der Waals surface area (Å²) in [5.74, 6) is 1.71. The molecule has 2 N–H and O–H groups in total. The molecule has 16 heavy (non-hydrogen) atoms. The number of thioether (sulfide) groups is 1. The quantitative estimate of drug-likeness (QED) is 0.791. The van der Waals surface area contributed by atoms with Gasteiger partial charge in [0.05, 0.1) is 6.61 Å². The number of nitrogens with zero attached hydrogens (tertiary/aromatic N) is 1. The van der Waals surface area contributed by atoms with Crippen molar-refractivity contribution in [1.82, 2.24) is 5.16 Å². The fraction of sp³-hybridized carbons (Fsp3) is 0.600. The first-order chi connectivity index (χ1) is 7.61. The summed E-state index contributed by atoms with van der Waals surface area (Å²) < 4.78 is 4.82. The molecule has 0 spiro atoms. The summed E-state index contributed by atoms with van der Waals surface area (Å²) in [4.78, 5) is 11.4. The number of rotatable bonds is 6. The van der Waals surface area contributed by atoms with E-state index in [4.69, 9.17) is 9.63 Å². The lowest BCUT2D eigenvalue weighted by Gasteiger charge is -2.06. The number of anilines is 1. The Hall–Kier alpha value is -1.01. The van der Waals surface area contributed by atoms with E-state index in [0.717, 1.165) is 0 Å². The predicted molar refractivity (Wildman–Crippen MR) is 63.5 cm³/mol. The molecule has 1 unspecified atom stereocenters. The zero-order valence-corrected chi connectivity index (χ0v) is 10.2. The number of carbonyl (C=O) groups is 1. The van der Waals surface area contributed by atoms with Gasteiger partial charge in [-0.15, -0.1) is 0 Å². The molecular weight excluding hydrogens is 228 g/mol. The lowest BCUT2D eigenvalue weighted by Crippen LogP contribution is -2.13. The fourth-order valence-electron chi connectivity index (χ4n) is 1.04. The number of aryl methyl sites for hydroxylation is 1. The van der Waals surface area contributed by atoms with Crippen LogP contribution < -0.4 is 5.32 Å². The van der Waals surface area contributed by atoms with Crippen LogP contribution in [0.2, 0.25) is 0 Å². The first-order valence-electron chi connectivity index (χ1n) is 5.07. The van der Waals surface area contributed by atoms with Gasteiger partial charge < -0.3 is 14.9 Å². The van der Waals surface area contributed by atoms with Crippen molar-refractivity contribution in [3.05, 3.63) is 11.8 Å². The molecule has 0 fully saturated rings. The van der Waals surface area contributed by atoms with Crippen LogP contribution in [0.3, 0.4) is 0 Å². The van der Waals surface area contributed by atoms with Gasteiger partial charge >= 0.3 is 0 Å². The Bertz CT molecular complexity index is 341. The van der Waals surface area contributed by atoms with Gasteiger partial charge in [0, 0.05) is 23.5 Å². The minimum Gasteiger partial charge on any atom is -0.395 e. The van der Waals surface area contributed by atoms with Gasteiger partial charge in [0.25, 0.3) is 0 Å². The number of hydrogen-bond donors (Lipinski definition) is 2. The van der Waals surface area contributed by atoms with Gasteiger partial charge in [-0.3, -0.25) is 4.79 Å². The second-order valence-corrected chi connectivity index (χ2v) is 5.03. The van der Waals surface area contributed by atoms with Gasteiger partial charge in [-0.2, -0.15) is 11.8 Å². The third kappa shape index (κ3) is 4.67. The van der Waals surface area contributed by atoms with Crippen molar-refractivity contribution in [3.8, 4) is 0 Å². The highest BCUT2D eigenvalue weighted by Crippen LogP contribution is 2.12. The highest BCUT2D eigenvalue weighted by atomic mass is 32.2. The van der Waals surface area contributed by atoms with E-state index in [9.17, 15) is 4.79 Å². The number of amides is 1. The Kier molecular flexibility index (Phi) is 5.34. The first kappa shape index (κ1) is 13.1. The van der Waals surface area contributed by atoms with Gasteiger partial charge in [-0.1, -0.05) is 12.1 Å². The molecule has 0 aliphatic carbocycles. The normalized spacial score (nSPS) is 12.4. The van der Waals surface area contributed by atoms with Crippen molar-refractivity contribution in [1.29, 1.82) is 0 Å². The molecule has 90 valence electrons. The Morgan fingerprint density at radius 1 is 1.75 bits per heavy atom. The summed E-state index contributed by atoms with van der Waals surface area (Å²) in [6.45, 7) is 3.82. The van der Waals surface area contributed by atoms with Crippen molar-refractivity contribution in [2.75, 3.05) is 17.7 Å². The molecule has 0 saturated heterocycles. The standard InChI is InChI=1S/C10H16N2O3S/c1-7-5-9(12-15-7)11-10(14)3-4-16-8(2)6-13/h5,8,13H,3-4,6H2,1-2H3,(H,11,12,14). The van der Waals surface area contributed by atoms with Crippen LogP contribution >= 0.6 is 11.8 Å². The number of nitrogens with one attached hydrogen (secondary N) is 1. The molecule has 1 atom stereocenters. The fourth-order valence-corrected chi connectivity index (χ4v) is 1.85. The molecule has 6 heteroatoms. The lowest BCUT2D eigenvalue weighted by atomic mass is 10.4. The maximum Gasteiger partial charge on any atom is 0.226 e. The summed E-state index contributed by atoms with van der Waals surface area (Å²) in [6, 6.07) is 1.67. The number of hydrogen-bond acceptors (Lipinski definition) is 5. The molecule has 1 amide bonds. The van der Waals surface area contributed by atoms with E-state index in [0.29, 0.717) is 23.8 Å². The third-order valence-electron chi connectivity index (χ3n) is 1.88. The molecule has 0 aromatic carbocycles. The molecule has 1 aromatic rings. The van der Waals surface area contributed by atoms with Gasteiger partial charge in [0.2, 0.25) is 5.91 Å². The summed E-state index contributed by atoms with van der Waals surface area (Å²) in [5.41, 5.74) is 0. The highest BCUT2D eigenvalue weighted by Gasteiger charge is 2.07. The van der Waals surface area contributed by atoms with E-state index < -0.39 is 0 Å². The minimum atomic E-state index is -0.0917. The Morgan fingerprint density at radius 2 is 2.50 bits per heavy atom. The van der Waals surface area contributed by atoms with E-state index in [-0.39, 0.29) is 17.8 Å². The van der Waals surface area contributed by atoms with Gasteiger partial charge in [0.15, 0.2) is 5.82 Å². The van der Waals surface area contributed by atoms with Crippen molar-refractivity contribution in [3.63, 3.8) is 0 Å². The summed E-state index contributed by atoms with van der Waals surface area (Å²) in [6.07, 6.45) is 0.404. The predicted octanol–water partition coefficient (Wildman–Crippen LogP) is 1.43. The molecule has 0 aliphatic rings. The monoisotopic (exact) mass is 244 g/mol. The van der Waals surface area contributed by atoms with Gasteiger partial charge in [-0.25, -0.2) is 0 Å². The molecule has 1 aromatic heterocycles. The van der Waals surface area contributed by atoms with Crippen LogP contribution in [0.4, 0.5) is 5.82 Å². The molecular formula is C10H16N2O3S. The second-order valence-electron chi connectivity index (χ2n) is 3.48. The summed E-state index contributed by atoms with van der Waals surface area (Å²) in [5, 5.41) is 15.3. The van der Waals surface area contributed by atoms with Crippen molar-refractivity contribution < 1.29 is 14.4 Å². The molecule has 5 nitrogen and oxygen atoms in total. The number of carbonyl (C=O) groups excluding carboxylic acids is 1.